The van der Waals surface area contributed by atoms with E-state index in [1.54, 1.807) is 0 Å². The lowest BCUT2D eigenvalue weighted by Crippen LogP contribution is -2.44. The standard InChI is InChI=1S/C15H21N5O/c1-5-15(3,4)16-13(21)10-20-18-14(17-19-20)12-9-7-6-8-11(12)2/h6-9H,5,10H2,1-4H3,(H,16,21). The van der Waals surface area contributed by atoms with Crippen molar-refractivity contribution in [2.75, 3.05) is 0 Å². The number of aryl methyl sites for hydroxylation is 1. The molecule has 1 aromatic heterocycles. The lowest BCUT2D eigenvalue weighted by Gasteiger charge is -2.24. The predicted octanol–water partition coefficient (Wildman–Crippen LogP) is 1.95. The summed E-state index contributed by atoms with van der Waals surface area (Å²) < 4.78 is 0. The quantitative estimate of drug-likeness (QED) is 0.912. The van der Waals surface area contributed by atoms with E-state index in [9.17, 15) is 4.79 Å². The average Bonchev–Trinajstić information content (AvgIpc) is 2.86. The van der Waals surface area contributed by atoms with Crippen LogP contribution in [0.2, 0.25) is 0 Å². The summed E-state index contributed by atoms with van der Waals surface area (Å²) in [6, 6.07) is 7.83. The molecule has 112 valence electrons. The number of benzene rings is 1. The number of carbonyl (C=O) groups is 1. The van der Waals surface area contributed by atoms with Gasteiger partial charge in [-0.3, -0.25) is 4.79 Å². The van der Waals surface area contributed by atoms with Crippen molar-refractivity contribution in [2.24, 2.45) is 0 Å². The van der Waals surface area contributed by atoms with Crippen molar-refractivity contribution in [3.8, 4) is 11.4 Å². The minimum absolute atomic E-state index is 0.0717. The summed E-state index contributed by atoms with van der Waals surface area (Å²) in [7, 11) is 0. The molecule has 1 amide bonds. The zero-order chi connectivity index (χ0) is 15.5. The number of carbonyl (C=O) groups excluding carboxylic acids is 1. The highest BCUT2D eigenvalue weighted by Crippen LogP contribution is 2.17. The third kappa shape index (κ3) is 3.87. The molecule has 0 saturated carbocycles. The Morgan fingerprint density at radius 1 is 1.33 bits per heavy atom. The first kappa shape index (κ1) is 15.2. The van der Waals surface area contributed by atoms with E-state index in [0.717, 1.165) is 17.5 Å². The summed E-state index contributed by atoms with van der Waals surface area (Å²) in [6.45, 7) is 8.07. The molecular formula is C15H21N5O. The van der Waals surface area contributed by atoms with Gasteiger partial charge in [-0.25, -0.2) is 0 Å². The van der Waals surface area contributed by atoms with Crippen LogP contribution in [0.5, 0.6) is 0 Å². The molecule has 0 unspecified atom stereocenters. The van der Waals surface area contributed by atoms with Crippen molar-refractivity contribution < 1.29 is 4.79 Å². The van der Waals surface area contributed by atoms with Gasteiger partial charge >= 0.3 is 0 Å². The van der Waals surface area contributed by atoms with Crippen LogP contribution in [0.3, 0.4) is 0 Å². The fourth-order valence-corrected chi connectivity index (χ4v) is 1.88. The number of hydrogen-bond donors (Lipinski definition) is 1. The normalized spacial score (nSPS) is 11.4. The molecule has 0 saturated heterocycles. The molecule has 6 nitrogen and oxygen atoms in total. The Hall–Kier alpha value is -2.24. The average molecular weight is 287 g/mol. The number of tetrazole rings is 1. The van der Waals surface area contributed by atoms with Gasteiger partial charge in [-0.1, -0.05) is 31.2 Å². The summed E-state index contributed by atoms with van der Waals surface area (Å²) in [6.07, 6.45) is 0.859. The molecule has 0 fully saturated rings. The fraction of sp³-hybridized carbons (Fsp3) is 0.467. The maximum Gasteiger partial charge on any atom is 0.244 e. The Morgan fingerprint density at radius 2 is 2.05 bits per heavy atom. The molecule has 2 aromatic rings. The van der Waals surface area contributed by atoms with E-state index in [-0.39, 0.29) is 18.0 Å². The van der Waals surface area contributed by atoms with Gasteiger partial charge in [0.1, 0.15) is 6.54 Å². The summed E-state index contributed by atoms with van der Waals surface area (Å²) >= 11 is 0. The first-order valence-electron chi connectivity index (χ1n) is 7.06. The van der Waals surface area contributed by atoms with Crippen molar-refractivity contribution in [3.05, 3.63) is 29.8 Å². The zero-order valence-electron chi connectivity index (χ0n) is 12.9. The van der Waals surface area contributed by atoms with Crippen molar-refractivity contribution in [1.82, 2.24) is 25.5 Å². The minimum Gasteiger partial charge on any atom is -0.350 e. The highest BCUT2D eigenvalue weighted by atomic mass is 16.2. The largest absolute Gasteiger partial charge is 0.350 e. The number of rotatable bonds is 5. The van der Waals surface area contributed by atoms with Gasteiger partial charge in [0, 0.05) is 11.1 Å². The first-order valence-corrected chi connectivity index (χ1v) is 7.06. The SMILES string of the molecule is CCC(C)(C)NC(=O)Cn1nnc(-c2ccccc2C)n1. The second-order valence-electron chi connectivity index (χ2n) is 5.74. The molecule has 0 radical (unpaired) electrons. The molecule has 0 aliphatic heterocycles. The Labute approximate surface area is 124 Å². The summed E-state index contributed by atoms with van der Waals surface area (Å²) in [4.78, 5) is 13.3. The van der Waals surface area contributed by atoms with Gasteiger partial charge in [0.05, 0.1) is 0 Å². The predicted molar refractivity (Wildman–Crippen MR) is 80.5 cm³/mol. The van der Waals surface area contributed by atoms with Crippen LogP contribution >= 0.6 is 0 Å². The van der Waals surface area contributed by atoms with Crippen LogP contribution < -0.4 is 5.32 Å². The minimum atomic E-state index is -0.226. The van der Waals surface area contributed by atoms with Crippen LogP contribution in [0.25, 0.3) is 11.4 Å². The fourth-order valence-electron chi connectivity index (χ4n) is 1.88. The lowest BCUT2D eigenvalue weighted by atomic mass is 10.0. The molecule has 0 aliphatic rings. The van der Waals surface area contributed by atoms with Crippen molar-refractivity contribution in [3.63, 3.8) is 0 Å². The van der Waals surface area contributed by atoms with Crippen LogP contribution in [0.15, 0.2) is 24.3 Å². The maximum atomic E-state index is 12.0. The number of amides is 1. The summed E-state index contributed by atoms with van der Waals surface area (Å²) in [5.74, 6) is 0.422. The smallest absolute Gasteiger partial charge is 0.244 e. The Morgan fingerprint density at radius 3 is 2.71 bits per heavy atom. The van der Waals surface area contributed by atoms with Crippen LogP contribution in [-0.2, 0) is 11.3 Å². The number of nitrogens with one attached hydrogen (secondary N) is 1. The van der Waals surface area contributed by atoms with Crippen molar-refractivity contribution in [1.29, 1.82) is 0 Å². The van der Waals surface area contributed by atoms with Crippen LogP contribution in [-0.4, -0.2) is 31.7 Å². The Kier molecular flexibility index (Phi) is 4.35. The molecular weight excluding hydrogens is 266 g/mol. The number of nitrogens with zero attached hydrogens (tertiary/aromatic N) is 4. The third-order valence-electron chi connectivity index (χ3n) is 3.49. The second-order valence-corrected chi connectivity index (χ2v) is 5.74. The van der Waals surface area contributed by atoms with E-state index in [1.165, 1.54) is 4.80 Å². The number of hydrogen-bond acceptors (Lipinski definition) is 4. The van der Waals surface area contributed by atoms with Crippen LogP contribution in [0.1, 0.15) is 32.8 Å². The Bertz CT molecular complexity index is 632. The van der Waals surface area contributed by atoms with E-state index in [0.29, 0.717) is 5.82 Å². The molecule has 0 spiro atoms. The zero-order valence-corrected chi connectivity index (χ0v) is 12.9. The molecule has 0 bridgehead atoms. The van der Waals surface area contributed by atoms with Gasteiger partial charge in [-0.15, -0.1) is 10.2 Å². The van der Waals surface area contributed by atoms with Gasteiger partial charge < -0.3 is 5.32 Å². The third-order valence-corrected chi connectivity index (χ3v) is 3.49. The van der Waals surface area contributed by atoms with Crippen LogP contribution in [0, 0.1) is 6.92 Å². The molecule has 0 aliphatic carbocycles. The summed E-state index contributed by atoms with van der Waals surface area (Å²) in [5.41, 5.74) is 1.78. The highest BCUT2D eigenvalue weighted by Gasteiger charge is 2.18. The van der Waals surface area contributed by atoms with E-state index in [1.807, 2.05) is 52.0 Å². The van der Waals surface area contributed by atoms with Gasteiger partial charge in [-0.2, -0.15) is 4.80 Å². The lowest BCUT2D eigenvalue weighted by molar-refractivity contribution is -0.123. The molecule has 1 N–H and O–H groups in total. The topological polar surface area (TPSA) is 72.7 Å². The van der Waals surface area contributed by atoms with E-state index in [2.05, 4.69) is 20.7 Å². The molecule has 1 aromatic carbocycles. The van der Waals surface area contributed by atoms with E-state index in [4.69, 9.17) is 0 Å². The highest BCUT2D eigenvalue weighted by molar-refractivity contribution is 5.76. The molecule has 21 heavy (non-hydrogen) atoms. The van der Waals surface area contributed by atoms with Gasteiger partial charge in [0.2, 0.25) is 11.7 Å². The van der Waals surface area contributed by atoms with Gasteiger partial charge in [-0.05, 0) is 38.0 Å². The molecule has 2 rings (SSSR count). The van der Waals surface area contributed by atoms with Gasteiger partial charge in [0.15, 0.2) is 0 Å². The monoisotopic (exact) mass is 287 g/mol. The molecule has 0 atom stereocenters. The van der Waals surface area contributed by atoms with Gasteiger partial charge in [0.25, 0.3) is 0 Å². The molecule has 6 heteroatoms. The number of aromatic nitrogens is 4. The first-order chi connectivity index (χ1) is 9.91. The van der Waals surface area contributed by atoms with E-state index >= 15 is 0 Å². The second kappa shape index (κ2) is 6.03. The maximum absolute atomic E-state index is 12.0. The molecule has 1 heterocycles. The Balaban J connectivity index is 2.08. The van der Waals surface area contributed by atoms with Crippen molar-refractivity contribution >= 4 is 5.91 Å². The van der Waals surface area contributed by atoms with Crippen LogP contribution in [0.4, 0.5) is 0 Å². The van der Waals surface area contributed by atoms with E-state index < -0.39 is 0 Å². The summed E-state index contributed by atoms with van der Waals surface area (Å²) in [5, 5.41) is 15.2. The van der Waals surface area contributed by atoms with Crippen molar-refractivity contribution in [2.45, 2.75) is 46.2 Å².